The monoisotopic (exact) mass is 1790 g/mol. The van der Waals surface area contributed by atoms with Crippen LogP contribution in [0.1, 0.15) is 452 Å². The van der Waals surface area contributed by atoms with Crippen molar-refractivity contribution in [1.29, 1.82) is 0 Å². The predicted molar refractivity (Wildman–Crippen MR) is 561 cm³/mol. The average molecular weight is 1790 g/mol. The number of ether oxygens (including phenoxy) is 3. The molecular formula is C111H228N6O5S2. The van der Waals surface area contributed by atoms with Gasteiger partial charge in [-0.3, -0.25) is 8.42 Å². The zero-order valence-electron chi connectivity index (χ0n) is 91.0. The summed E-state index contributed by atoms with van der Waals surface area (Å²) < 4.78 is 45.1. The number of allylic oxidation sites excluding steroid dienone is 1. The van der Waals surface area contributed by atoms with Crippen LogP contribution in [0.15, 0.2) is 12.2 Å². The van der Waals surface area contributed by atoms with E-state index in [-0.39, 0.29) is 5.79 Å². The molecule has 11 nitrogen and oxygen atoms in total. The second-order valence-electron chi connectivity index (χ2n) is 50.0. The molecule has 744 valence electrons. The molecule has 3 unspecified atom stereocenters. The Morgan fingerprint density at radius 2 is 0.694 bits per heavy atom. The molecule has 0 aromatic rings. The van der Waals surface area contributed by atoms with Gasteiger partial charge in [0.15, 0.2) is 5.79 Å². The fourth-order valence-electron chi connectivity index (χ4n) is 18.3. The summed E-state index contributed by atoms with van der Waals surface area (Å²) in [5.74, 6) is 15.8. The van der Waals surface area contributed by atoms with Crippen LogP contribution >= 0.6 is 0 Å². The van der Waals surface area contributed by atoms with E-state index in [4.69, 9.17) is 14.2 Å². The van der Waals surface area contributed by atoms with E-state index in [0.29, 0.717) is 50.1 Å². The van der Waals surface area contributed by atoms with Crippen LogP contribution in [-0.4, -0.2) is 198 Å². The lowest BCUT2D eigenvalue weighted by atomic mass is 9.79. The summed E-state index contributed by atoms with van der Waals surface area (Å²) in [5, 5.41) is 0. The van der Waals surface area contributed by atoms with Gasteiger partial charge < -0.3 is 33.8 Å². The molecule has 0 aromatic heterocycles. The fourth-order valence-corrected chi connectivity index (χ4v) is 20.3. The second kappa shape index (κ2) is 62.9. The van der Waals surface area contributed by atoms with Gasteiger partial charge in [0.1, 0.15) is 0 Å². The summed E-state index contributed by atoms with van der Waals surface area (Å²) >= 11 is 0. The van der Waals surface area contributed by atoms with Crippen LogP contribution < -0.4 is 0 Å². The number of likely N-dealkylation sites (tertiary alicyclic amines) is 2. The minimum atomic E-state index is -1.98. The Balaban J connectivity index is 0.00000137. The lowest BCUT2D eigenvalue weighted by Gasteiger charge is -2.36. The van der Waals surface area contributed by atoms with Gasteiger partial charge in [0.05, 0.1) is 25.4 Å². The predicted octanol–water partition coefficient (Wildman–Crippen LogP) is 30.1. The molecule has 124 heavy (non-hydrogen) atoms. The Labute approximate surface area is 781 Å². The molecule has 3 atom stereocenters. The standard InChI is InChI=1S/C14H26O2.2C13H27NOS.C13H27N.C13H24.C12H25N.C11H24N2.C10H20O.C8H16.2C2H6/c1-13(2,3)7-4-12-5-8-14(9-6-12)15-10-11-16-14;1-13(2,3)9-6-12-7-10-14(11-8-12)16(4,5)15;1-13(2,3)9-8-12-7-6-10-14(11-12)16(4,5)15;1-5-14-10-7-12(8-11-14)6-9-13(2,3)4;1-11-5-7-12(8-6-11)9-10-13(2,3)4;1-12(2,3)8-5-11-6-9-13(4)10-7-11;1-11(2,3)5-6-13-9-7-12(4)8-10-13;1-8(2)11-10-6-4-9(3)5-7-10;1-7-3-5-8(2)6-4-7;2*1-2/h12H,4-11H2,1-3H3;2*12H,4,6-11H2,1-3,5H3;12H,5-11H2,1-4H3;12H,1,5-10H2,2-4H3;11H,5-10H2,1-4H3;5-10H2,1-4H3;8-10H,4-7H2,1-3H3;7-8H,3-6H2,1-2H3;2*1-2H3. The van der Waals surface area contributed by atoms with Gasteiger partial charge in [0.2, 0.25) is 0 Å². The van der Waals surface area contributed by atoms with Crippen molar-refractivity contribution in [2.45, 2.75) is 470 Å². The molecule has 0 aromatic carbocycles. The van der Waals surface area contributed by atoms with E-state index in [1.165, 1.54) is 296 Å². The number of rotatable bonds is 19. The highest BCUT2D eigenvalue weighted by molar-refractivity contribution is 7.97. The van der Waals surface area contributed by atoms with Crippen LogP contribution in [0.4, 0.5) is 0 Å². The van der Waals surface area contributed by atoms with E-state index in [2.05, 4.69) is 248 Å². The molecule has 13 heteroatoms. The Kier molecular flexibility index (Phi) is 62.6. The second-order valence-corrected chi connectivity index (χ2v) is 54.9. The molecule has 10 rings (SSSR count). The summed E-state index contributed by atoms with van der Waals surface area (Å²) in [4.78, 5) is 10.0. The number of hydrogen-bond donors (Lipinski definition) is 0. The normalized spacial score (nSPS) is 24.9. The third kappa shape index (κ3) is 68.4. The first-order valence-electron chi connectivity index (χ1n) is 52.8. The van der Waals surface area contributed by atoms with Crippen LogP contribution in [-0.2, 0) is 33.6 Å². The molecule has 4 aliphatic carbocycles. The van der Waals surface area contributed by atoms with Crippen LogP contribution in [0.2, 0.25) is 0 Å². The zero-order valence-corrected chi connectivity index (χ0v) is 92.6. The maximum atomic E-state index is 11.9. The van der Waals surface area contributed by atoms with Crippen molar-refractivity contribution in [1.82, 2.24) is 28.2 Å². The molecule has 6 saturated heterocycles. The van der Waals surface area contributed by atoms with E-state index >= 15 is 0 Å². The highest BCUT2D eigenvalue weighted by Crippen LogP contribution is 2.42. The van der Waals surface area contributed by atoms with Crippen molar-refractivity contribution in [3.05, 3.63) is 12.2 Å². The summed E-state index contributed by atoms with van der Waals surface area (Å²) in [6.45, 7) is 92.8. The molecule has 0 radical (unpaired) electrons. The third-order valence-electron chi connectivity index (χ3n) is 28.0. The van der Waals surface area contributed by atoms with E-state index in [1.54, 1.807) is 12.5 Å². The van der Waals surface area contributed by atoms with Gasteiger partial charge in [0, 0.05) is 97.1 Å². The van der Waals surface area contributed by atoms with E-state index < -0.39 is 19.4 Å². The highest BCUT2D eigenvalue weighted by atomic mass is 32.2. The Bertz CT molecular complexity index is 2730. The Hall–Kier alpha value is -0.580. The average Bonchev–Trinajstić information content (AvgIpc) is 1.60. The fraction of sp³-hybridized carbons (Fsp3) is 0.964. The number of likely N-dealkylation sites (N-methyl/N-ethyl adjacent to an activating group) is 1. The quantitative estimate of drug-likeness (QED) is 0.0928. The first-order valence-corrected chi connectivity index (χ1v) is 57.0. The van der Waals surface area contributed by atoms with Gasteiger partial charge in [0.25, 0.3) is 0 Å². The summed E-state index contributed by atoms with van der Waals surface area (Å²) in [7, 11) is 0.507. The van der Waals surface area contributed by atoms with Gasteiger partial charge in [-0.1, -0.05) is 239 Å². The summed E-state index contributed by atoms with van der Waals surface area (Å²) in [5.41, 5.74) is 4.90. The first-order chi connectivity index (χ1) is 57.3. The van der Waals surface area contributed by atoms with Gasteiger partial charge in [-0.15, -0.1) is 0 Å². The molecule has 10 aliphatic rings. The smallest absolute Gasteiger partial charge is 0.168 e. The van der Waals surface area contributed by atoms with Crippen LogP contribution in [0.3, 0.4) is 0 Å². The lowest BCUT2D eigenvalue weighted by Crippen LogP contribution is -2.45. The Morgan fingerprint density at radius 1 is 0.387 bits per heavy atom. The number of piperidine rings is 4. The molecule has 6 aliphatic heterocycles. The highest BCUT2D eigenvalue weighted by Gasteiger charge is 2.40. The maximum absolute atomic E-state index is 11.9. The molecule has 4 saturated carbocycles. The van der Waals surface area contributed by atoms with E-state index in [9.17, 15) is 8.42 Å². The maximum Gasteiger partial charge on any atom is 0.168 e. The molecule has 0 N–H and O–H groups in total. The van der Waals surface area contributed by atoms with Crippen molar-refractivity contribution in [2.24, 2.45) is 91.2 Å². The van der Waals surface area contributed by atoms with Crippen molar-refractivity contribution in [3.8, 4) is 0 Å². The van der Waals surface area contributed by atoms with Crippen molar-refractivity contribution < 1.29 is 22.6 Å². The zero-order chi connectivity index (χ0) is 95.0. The number of hydrogen-bond acceptors (Lipinski definition) is 9. The number of nitrogens with zero attached hydrogens (tertiary/aromatic N) is 6. The molecular weight excluding hydrogens is 1560 g/mol. The largest absolute Gasteiger partial charge is 0.376 e. The van der Waals surface area contributed by atoms with Gasteiger partial charge >= 0.3 is 0 Å². The Morgan fingerprint density at radius 3 is 1.02 bits per heavy atom. The van der Waals surface area contributed by atoms with Crippen molar-refractivity contribution in [3.63, 3.8) is 0 Å². The minimum absolute atomic E-state index is 0.168. The SMILES string of the molecule is C=C1CCC(CCC(C)(C)C)CC1.C=S(C)(=O)N1CCC(CCC(C)(C)C)CC1.C=S(C)(=O)N1CCCC(CCC(C)(C)C)C1.CC.CC.CC(C)(C)CCC1CCC2(CC1)OCCO2.CC1CCC(C)CC1.CC1CCC(OC(C)C)CC1.CCN1CCC(CCC(C)(C)C)CC1.CN1CCC(CCC(C)(C)C)CC1.CN1CCN(CCC(C)(C)C)CC1. The lowest BCUT2D eigenvalue weighted by molar-refractivity contribution is -0.182. The van der Waals surface area contributed by atoms with Crippen LogP contribution in [0, 0.1) is 91.2 Å². The van der Waals surface area contributed by atoms with Crippen LogP contribution in [0.5, 0.6) is 0 Å². The third-order valence-corrected chi connectivity index (χ3v) is 30.8. The van der Waals surface area contributed by atoms with E-state index in [1.807, 2.05) is 27.7 Å². The molecule has 6 heterocycles. The van der Waals surface area contributed by atoms with Crippen molar-refractivity contribution in [2.75, 3.05) is 131 Å². The number of piperazine rings is 1. The van der Waals surface area contributed by atoms with E-state index in [0.717, 1.165) is 105 Å². The first kappa shape index (κ1) is 123. The molecule has 0 bridgehead atoms. The molecule has 0 amide bonds. The molecule has 10 fully saturated rings. The van der Waals surface area contributed by atoms with Gasteiger partial charge in [-0.05, 0) is 369 Å². The topological polar surface area (TPSA) is 81.3 Å². The van der Waals surface area contributed by atoms with Crippen LogP contribution in [0.25, 0.3) is 0 Å². The van der Waals surface area contributed by atoms with Gasteiger partial charge in [-0.2, -0.15) is 0 Å². The molecule has 1 spiro atoms. The summed E-state index contributed by atoms with van der Waals surface area (Å²) in [6, 6.07) is 0. The van der Waals surface area contributed by atoms with Crippen molar-refractivity contribution >= 4 is 31.2 Å². The minimum Gasteiger partial charge on any atom is -0.376 e. The summed E-state index contributed by atoms with van der Waals surface area (Å²) in [6.07, 6.45) is 54.0. The van der Waals surface area contributed by atoms with Gasteiger partial charge in [-0.25, -0.2) is 8.61 Å².